The standard InChI is InChI=1S/C17H16F2/c1-2-14(15-7-11-17(19)12-8-15)6-3-13-4-9-16(18)10-5-13/h3-12,14H,2H2,1H3/b6-3+/t14-/m1/s1. The third-order valence-corrected chi connectivity index (χ3v) is 3.13. The number of hydrogen-bond donors (Lipinski definition) is 0. The molecule has 0 radical (unpaired) electrons. The Bertz CT molecular complexity index is 538. The molecule has 0 aliphatic heterocycles. The number of benzene rings is 2. The highest BCUT2D eigenvalue weighted by Gasteiger charge is 2.05. The number of allylic oxidation sites excluding steroid dienone is 1. The molecule has 0 saturated heterocycles. The minimum absolute atomic E-state index is 0.221. The summed E-state index contributed by atoms with van der Waals surface area (Å²) in [5.41, 5.74) is 2.05. The van der Waals surface area contributed by atoms with Crippen molar-refractivity contribution in [3.8, 4) is 0 Å². The molecule has 2 aromatic carbocycles. The van der Waals surface area contributed by atoms with E-state index in [-0.39, 0.29) is 17.6 Å². The van der Waals surface area contributed by atoms with Gasteiger partial charge in [-0.1, -0.05) is 43.3 Å². The first-order chi connectivity index (χ1) is 9.19. The van der Waals surface area contributed by atoms with Gasteiger partial charge in [0, 0.05) is 5.92 Å². The van der Waals surface area contributed by atoms with E-state index in [1.165, 1.54) is 24.3 Å². The van der Waals surface area contributed by atoms with Gasteiger partial charge in [0.2, 0.25) is 0 Å². The molecule has 0 heterocycles. The van der Waals surface area contributed by atoms with Gasteiger partial charge in [0.15, 0.2) is 0 Å². The molecule has 2 aromatic rings. The van der Waals surface area contributed by atoms with Crippen LogP contribution in [0.3, 0.4) is 0 Å². The van der Waals surface area contributed by atoms with Gasteiger partial charge in [-0.05, 0) is 41.8 Å². The van der Waals surface area contributed by atoms with Crippen LogP contribution in [-0.4, -0.2) is 0 Å². The number of hydrogen-bond acceptors (Lipinski definition) is 0. The first-order valence-corrected chi connectivity index (χ1v) is 6.38. The Hall–Kier alpha value is -1.96. The monoisotopic (exact) mass is 258 g/mol. The minimum atomic E-state index is -0.234. The summed E-state index contributed by atoms with van der Waals surface area (Å²) in [5.74, 6) is -0.213. The van der Waals surface area contributed by atoms with E-state index in [1.54, 1.807) is 24.3 Å². The van der Waals surface area contributed by atoms with Crippen molar-refractivity contribution in [1.29, 1.82) is 0 Å². The van der Waals surface area contributed by atoms with Crippen LogP contribution in [0.25, 0.3) is 6.08 Å². The van der Waals surface area contributed by atoms with Crippen molar-refractivity contribution < 1.29 is 8.78 Å². The Morgan fingerprint density at radius 3 is 1.95 bits per heavy atom. The summed E-state index contributed by atoms with van der Waals surface area (Å²) in [6.45, 7) is 2.09. The molecule has 0 amide bonds. The Labute approximate surface area is 112 Å². The molecule has 0 aliphatic rings. The lowest BCUT2D eigenvalue weighted by atomic mass is 9.95. The van der Waals surface area contributed by atoms with Gasteiger partial charge in [0.05, 0.1) is 0 Å². The molecule has 0 fully saturated rings. The fraction of sp³-hybridized carbons (Fsp3) is 0.176. The van der Waals surface area contributed by atoms with Crippen molar-refractivity contribution in [2.75, 3.05) is 0 Å². The van der Waals surface area contributed by atoms with E-state index in [0.29, 0.717) is 0 Å². The molecule has 0 nitrogen and oxygen atoms in total. The molecular formula is C17H16F2. The molecule has 0 unspecified atom stereocenters. The van der Waals surface area contributed by atoms with Crippen molar-refractivity contribution in [3.05, 3.63) is 77.4 Å². The van der Waals surface area contributed by atoms with Crippen LogP contribution in [0.2, 0.25) is 0 Å². The molecule has 1 atom stereocenters. The van der Waals surface area contributed by atoms with Crippen LogP contribution in [0.15, 0.2) is 54.6 Å². The Morgan fingerprint density at radius 2 is 1.42 bits per heavy atom. The van der Waals surface area contributed by atoms with E-state index in [0.717, 1.165) is 17.5 Å². The molecule has 19 heavy (non-hydrogen) atoms. The highest BCUT2D eigenvalue weighted by atomic mass is 19.1. The summed E-state index contributed by atoms with van der Waals surface area (Å²) in [5, 5.41) is 0. The summed E-state index contributed by atoms with van der Waals surface area (Å²) in [6, 6.07) is 12.9. The first kappa shape index (κ1) is 13.5. The molecule has 0 N–H and O–H groups in total. The summed E-state index contributed by atoms with van der Waals surface area (Å²) >= 11 is 0. The van der Waals surface area contributed by atoms with Gasteiger partial charge < -0.3 is 0 Å². The van der Waals surface area contributed by atoms with E-state index in [1.807, 2.05) is 6.08 Å². The van der Waals surface area contributed by atoms with Crippen LogP contribution in [0, 0.1) is 11.6 Å². The molecule has 0 aliphatic carbocycles. The zero-order chi connectivity index (χ0) is 13.7. The predicted molar refractivity (Wildman–Crippen MR) is 74.9 cm³/mol. The van der Waals surface area contributed by atoms with E-state index in [2.05, 4.69) is 13.0 Å². The van der Waals surface area contributed by atoms with Crippen LogP contribution in [-0.2, 0) is 0 Å². The van der Waals surface area contributed by atoms with Gasteiger partial charge in [-0.15, -0.1) is 0 Å². The largest absolute Gasteiger partial charge is 0.207 e. The second kappa shape index (κ2) is 6.28. The van der Waals surface area contributed by atoms with Crippen molar-refractivity contribution in [3.63, 3.8) is 0 Å². The average molecular weight is 258 g/mol. The highest BCUT2D eigenvalue weighted by molar-refractivity contribution is 5.50. The molecule has 0 aromatic heterocycles. The number of halogens is 2. The maximum absolute atomic E-state index is 12.9. The van der Waals surface area contributed by atoms with E-state index >= 15 is 0 Å². The number of rotatable bonds is 4. The lowest BCUT2D eigenvalue weighted by Crippen LogP contribution is -1.93. The highest BCUT2D eigenvalue weighted by Crippen LogP contribution is 2.22. The molecule has 98 valence electrons. The van der Waals surface area contributed by atoms with E-state index in [9.17, 15) is 8.78 Å². The van der Waals surface area contributed by atoms with E-state index < -0.39 is 0 Å². The molecule has 0 saturated carbocycles. The Morgan fingerprint density at radius 1 is 0.895 bits per heavy atom. The van der Waals surface area contributed by atoms with Gasteiger partial charge >= 0.3 is 0 Å². The fourth-order valence-electron chi connectivity index (χ4n) is 1.99. The summed E-state index contributed by atoms with van der Waals surface area (Å²) in [7, 11) is 0. The van der Waals surface area contributed by atoms with Crippen LogP contribution in [0.1, 0.15) is 30.4 Å². The lowest BCUT2D eigenvalue weighted by Gasteiger charge is -2.10. The quantitative estimate of drug-likeness (QED) is 0.709. The van der Waals surface area contributed by atoms with Crippen LogP contribution in [0.5, 0.6) is 0 Å². The van der Waals surface area contributed by atoms with Gasteiger partial charge in [-0.3, -0.25) is 0 Å². The summed E-state index contributed by atoms with van der Waals surface area (Å²) in [6.07, 6.45) is 4.97. The molecule has 0 spiro atoms. The first-order valence-electron chi connectivity index (χ1n) is 6.38. The summed E-state index contributed by atoms with van der Waals surface area (Å²) in [4.78, 5) is 0. The van der Waals surface area contributed by atoms with Crippen LogP contribution >= 0.6 is 0 Å². The van der Waals surface area contributed by atoms with Gasteiger partial charge in [-0.2, -0.15) is 0 Å². The third-order valence-electron chi connectivity index (χ3n) is 3.13. The smallest absolute Gasteiger partial charge is 0.123 e. The lowest BCUT2D eigenvalue weighted by molar-refractivity contribution is 0.626. The second-order valence-electron chi connectivity index (χ2n) is 4.48. The maximum Gasteiger partial charge on any atom is 0.123 e. The zero-order valence-corrected chi connectivity index (χ0v) is 10.8. The normalized spacial score (nSPS) is 12.8. The summed E-state index contributed by atoms with van der Waals surface area (Å²) < 4.78 is 25.7. The second-order valence-corrected chi connectivity index (χ2v) is 4.48. The van der Waals surface area contributed by atoms with Crippen LogP contribution in [0.4, 0.5) is 8.78 Å². The zero-order valence-electron chi connectivity index (χ0n) is 10.8. The Balaban J connectivity index is 2.14. The van der Waals surface area contributed by atoms with Crippen LogP contribution < -0.4 is 0 Å². The van der Waals surface area contributed by atoms with E-state index in [4.69, 9.17) is 0 Å². The molecular weight excluding hydrogens is 242 g/mol. The van der Waals surface area contributed by atoms with Gasteiger partial charge in [0.25, 0.3) is 0 Å². The minimum Gasteiger partial charge on any atom is -0.207 e. The molecule has 2 rings (SSSR count). The average Bonchev–Trinajstić information content (AvgIpc) is 2.43. The topological polar surface area (TPSA) is 0 Å². The Kier molecular flexibility index (Phi) is 4.45. The van der Waals surface area contributed by atoms with Crippen molar-refractivity contribution in [2.24, 2.45) is 0 Å². The predicted octanol–water partition coefficient (Wildman–Crippen LogP) is 5.17. The van der Waals surface area contributed by atoms with Gasteiger partial charge in [0.1, 0.15) is 11.6 Å². The van der Waals surface area contributed by atoms with Crippen molar-refractivity contribution in [2.45, 2.75) is 19.3 Å². The SMILES string of the molecule is CC[C@H](/C=C/c1ccc(F)cc1)c1ccc(F)cc1. The van der Waals surface area contributed by atoms with Gasteiger partial charge in [-0.25, -0.2) is 8.78 Å². The fourth-order valence-corrected chi connectivity index (χ4v) is 1.99. The maximum atomic E-state index is 12.9. The van der Waals surface area contributed by atoms with Crippen molar-refractivity contribution >= 4 is 6.08 Å². The third kappa shape index (κ3) is 3.75. The molecule has 0 bridgehead atoms. The molecule has 2 heteroatoms. The van der Waals surface area contributed by atoms with Crippen molar-refractivity contribution in [1.82, 2.24) is 0 Å².